The van der Waals surface area contributed by atoms with Crippen LogP contribution < -0.4 is 59.1 Å². The summed E-state index contributed by atoms with van der Waals surface area (Å²) in [7, 11) is -9.86. The van der Waals surface area contributed by atoms with Crippen LogP contribution in [-0.4, -0.2) is 275 Å². The molecular formula is C59H90Na2O32S2. The van der Waals surface area contributed by atoms with Gasteiger partial charge in [-0.05, 0) is 94.8 Å². The number of allylic oxidation sites excluding steroid dienone is 3. The maximum Gasteiger partial charge on any atom is 1.00 e. The van der Waals surface area contributed by atoms with E-state index in [-0.39, 0.29) is 89.1 Å². The van der Waals surface area contributed by atoms with E-state index in [2.05, 4.69) is 23.8 Å². The zero-order chi connectivity index (χ0) is 68.2. The van der Waals surface area contributed by atoms with E-state index in [0.717, 1.165) is 24.7 Å². The quantitative estimate of drug-likeness (QED) is 0.0168. The van der Waals surface area contributed by atoms with Gasteiger partial charge in [0.25, 0.3) is 0 Å². The Balaban J connectivity index is 0.00000578. The van der Waals surface area contributed by atoms with Crippen molar-refractivity contribution in [1.29, 1.82) is 0 Å². The van der Waals surface area contributed by atoms with Gasteiger partial charge in [0.15, 0.2) is 31.5 Å². The van der Waals surface area contributed by atoms with Crippen molar-refractivity contribution in [1.82, 2.24) is 0 Å². The van der Waals surface area contributed by atoms with E-state index < -0.39 is 228 Å². The molecule has 4 aliphatic carbocycles. The van der Waals surface area contributed by atoms with E-state index >= 15 is 0 Å². The number of ether oxygens (including phenoxy) is 12. The fourth-order valence-electron chi connectivity index (χ4n) is 17.4. The average Bonchev–Trinajstić information content (AvgIpc) is 1.52. The molecule has 6 heterocycles. The summed E-state index contributed by atoms with van der Waals surface area (Å²) in [6, 6.07) is 0. The SMILES string of the molecule is C=C(C)CCCC1(C)OC(=O)C23CCC4C(=CCC5C(C)(C)C(OC6OCC(OS(=O)(=O)[O-])C(O)C6OC6OC(C)C(OC7OC(CO)C(O)C(OC8OC(COS(=O)(=O)[O-])C(O)C(OC)C8O)C7O)C(O)C6OC6OCC(O)C(O)C6O)CCC45C)C2(C)CC(=O)C13.[Na+].[Na+]. The molecule has 31 atom stereocenters. The molecule has 532 valence electrons. The number of cyclic esters (lactones) is 1. The second-order valence-corrected chi connectivity index (χ2v) is 30.2. The number of rotatable bonds is 21. The Labute approximate surface area is 595 Å². The molecule has 0 aromatic rings. The van der Waals surface area contributed by atoms with Gasteiger partial charge < -0.3 is 117 Å². The number of aliphatic hydroxyl groups is 10. The number of ketones is 1. The molecule has 36 heteroatoms. The molecule has 9 fully saturated rings. The number of carbonyl (C=O) groups excluding carboxylic acids is 2. The van der Waals surface area contributed by atoms with Crippen molar-refractivity contribution in [3.05, 3.63) is 23.8 Å². The first-order chi connectivity index (χ1) is 43.4. The van der Waals surface area contributed by atoms with Crippen molar-refractivity contribution in [3.8, 4) is 0 Å². The van der Waals surface area contributed by atoms with E-state index in [1.165, 1.54) is 6.92 Å². The molecule has 0 bridgehead atoms. The summed E-state index contributed by atoms with van der Waals surface area (Å²) in [5.41, 5.74) is -1.91. The fourth-order valence-corrected chi connectivity index (χ4v) is 18.1. The van der Waals surface area contributed by atoms with Crippen LogP contribution in [-0.2, 0) is 95.6 Å². The van der Waals surface area contributed by atoms with Gasteiger partial charge >= 0.3 is 65.1 Å². The van der Waals surface area contributed by atoms with E-state index in [9.17, 15) is 86.6 Å². The van der Waals surface area contributed by atoms with Gasteiger partial charge in [-0.15, -0.1) is 6.58 Å². The van der Waals surface area contributed by atoms with E-state index in [1.807, 2.05) is 34.6 Å². The molecular weight excluding hydrogens is 1330 g/mol. The number of methoxy groups -OCH3 is 1. The molecule has 1 spiro atoms. The van der Waals surface area contributed by atoms with Gasteiger partial charge in [0.2, 0.25) is 20.8 Å². The topological polar surface area (TPSA) is 480 Å². The summed E-state index contributed by atoms with van der Waals surface area (Å²) in [5.74, 6) is -1.10. The Morgan fingerprint density at radius 2 is 1.28 bits per heavy atom. The summed E-state index contributed by atoms with van der Waals surface area (Å²) in [6.07, 6.45) is -37.6. The molecule has 3 saturated carbocycles. The summed E-state index contributed by atoms with van der Waals surface area (Å²) in [5, 5.41) is 112. The number of aliphatic hydroxyl groups excluding tert-OH is 10. The molecule has 6 aliphatic heterocycles. The van der Waals surface area contributed by atoms with Crippen LogP contribution in [0.25, 0.3) is 0 Å². The van der Waals surface area contributed by atoms with E-state index in [0.29, 0.717) is 44.9 Å². The number of carbonyl (C=O) groups is 2. The average molecular weight is 1420 g/mol. The number of hydrogen-bond acceptors (Lipinski definition) is 32. The van der Waals surface area contributed by atoms with Crippen LogP contribution in [0.3, 0.4) is 0 Å². The van der Waals surface area contributed by atoms with Crippen LogP contribution in [0.1, 0.15) is 106 Å². The molecule has 0 aromatic carbocycles. The summed E-state index contributed by atoms with van der Waals surface area (Å²) in [4.78, 5) is 28.9. The van der Waals surface area contributed by atoms with Gasteiger partial charge in [-0.2, -0.15) is 0 Å². The van der Waals surface area contributed by atoms with Crippen molar-refractivity contribution in [2.24, 2.45) is 39.4 Å². The second-order valence-electron chi connectivity index (χ2n) is 28.1. The molecule has 10 aliphatic rings. The third-order valence-corrected chi connectivity index (χ3v) is 22.9. The molecule has 10 rings (SSSR count). The Kier molecular flexibility index (Phi) is 25.6. The van der Waals surface area contributed by atoms with Gasteiger partial charge in [0.05, 0.1) is 50.0 Å². The van der Waals surface area contributed by atoms with Gasteiger partial charge in [-0.3, -0.25) is 18.0 Å². The molecule has 0 amide bonds. The van der Waals surface area contributed by atoms with Gasteiger partial charge in [-0.1, -0.05) is 44.9 Å². The van der Waals surface area contributed by atoms with E-state index in [1.54, 1.807) is 0 Å². The molecule has 0 radical (unpaired) electrons. The van der Waals surface area contributed by atoms with Gasteiger partial charge in [0, 0.05) is 18.9 Å². The fraction of sp³-hybridized carbons (Fsp3) is 0.898. The number of fused-ring (bicyclic) bond motifs is 4. The van der Waals surface area contributed by atoms with Crippen LogP contribution in [0, 0.1) is 39.4 Å². The van der Waals surface area contributed by atoms with Crippen molar-refractivity contribution in [3.63, 3.8) is 0 Å². The van der Waals surface area contributed by atoms with Crippen LogP contribution in [0.5, 0.6) is 0 Å². The predicted octanol–water partition coefficient (Wildman–Crippen LogP) is -8.77. The zero-order valence-corrected chi connectivity index (χ0v) is 60.5. The largest absolute Gasteiger partial charge is 1.00 e. The summed E-state index contributed by atoms with van der Waals surface area (Å²) >= 11 is 0. The van der Waals surface area contributed by atoms with Crippen LogP contribution in [0.4, 0.5) is 0 Å². The first-order valence-electron chi connectivity index (χ1n) is 31.4. The molecule has 0 aromatic heterocycles. The van der Waals surface area contributed by atoms with Gasteiger partial charge in [0.1, 0.15) is 115 Å². The Bertz CT molecular complexity index is 2990. The van der Waals surface area contributed by atoms with Crippen molar-refractivity contribution < 1.29 is 211 Å². The number of esters is 1. The molecule has 31 unspecified atom stereocenters. The van der Waals surface area contributed by atoms with Crippen LogP contribution in [0.2, 0.25) is 0 Å². The normalized spacial score (nSPS) is 48.2. The molecule has 32 nitrogen and oxygen atoms in total. The minimum Gasteiger partial charge on any atom is -0.726 e. The number of hydrogen-bond donors (Lipinski definition) is 10. The van der Waals surface area contributed by atoms with Crippen molar-refractivity contribution in [2.45, 2.75) is 259 Å². The monoisotopic (exact) mass is 1420 g/mol. The van der Waals surface area contributed by atoms with Gasteiger partial charge in [-0.25, -0.2) is 16.8 Å². The molecule has 6 saturated heterocycles. The predicted molar refractivity (Wildman–Crippen MR) is 305 cm³/mol. The summed E-state index contributed by atoms with van der Waals surface area (Å²) < 4.78 is 151. The maximum absolute atomic E-state index is 14.5. The molecule has 10 N–H and O–H groups in total. The molecule has 95 heavy (non-hydrogen) atoms. The van der Waals surface area contributed by atoms with Crippen LogP contribution in [0.15, 0.2) is 23.8 Å². The van der Waals surface area contributed by atoms with Crippen molar-refractivity contribution in [2.75, 3.05) is 33.5 Å². The smallest absolute Gasteiger partial charge is 0.726 e. The first kappa shape index (κ1) is 80.2. The third kappa shape index (κ3) is 15.1. The maximum atomic E-state index is 14.5. The number of Topliss-reactive ketones (excluding diaryl/α,β-unsaturated/α-hetero) is 1. The Morgan fingerprint density at radius 1 is 0.684 bits per heavy atom. The second kappa shape index (κ2) is 30.3. The third-order valence-electron chi connectivity index (χ3n) is 22.0. The van der Waals surface area contributed by atoms with Crippen molar-refractivity contribution >= 4 is 32.6 Å². The van der Waals surface area contributed by atoms with E-state index in [4.69, 9.17) is 61.0 Å². The minimum atomic E-state index is -5.55. The zero-order valence-electron chi connectivity index (χ0n) is 54.8. The first-order valence-corrected chi connectivity index (χ1v) is 34.1. The minimum absolute atomic E-state index is 0. The Hall–Kier alpha value is -0.480. The van der Waals surface area contributed by atoms with Crippen LogP contribution >= 0.6 is 0 Å². The standard InChI is InChI=1S/C59H92O32S2.2Na/c1-24(2)11-10-16-58(8)48-28(61)19-57(7)27-12-13-33-55(4,5)34(15-17-56(33,6)26(27)14-18-59(48,57)54(71)90-58)85-52-46(38(66)32(22-80-52)91-93(75,76)77)89-53-47(88-49-39(67)35(63)29(62)21-79-49)40(68)43(25(3)82-53)86-51-42(70)45(36(64)30(20-60)83-51)87-50-41(69)44(78-9)37(65)31(84-50)23-81-92(72,73)74;;/h12,25-26,29-53,60,62-70H,1,10-11,13-23H2,2-9H3,(H,72,73,74)(H,75,76,77);;/q;2*+1/p-2. The summed E-state index contributed by atoms with van der Waals surface area (Å²) in [6.45, 7) is 14.0. The Morgan fingerprint density at radius 3 is 1.92 bits per heavy atom.